The lowest BCUT2D eigenvalue weighted by molar-refractivity contribution is -0.118. The molecule has 0 aliphatic carbocycles. The SMILES string of the molecule is CC1CC(C)(C)N(C)c2ccc(/C=N/NC(=O)CSc3nc4ccccc4s3)cc21. The number of rotatable bonds is 5. The molecule has 0 saturated carbocycles. The number of thioether (sulfide) groups is 1. The zero-order valence-electron chi connectivity index (χ0n) is 17.7. The number of anilines is 1. The third-order valence-electron chi connectivity index (χ3n) is 5.66. The van der Waals surface area contributed by atoms with Crippen LogP contribution in [0.4, 0.5) is 5.69 Å². The van der Waals surface area contributed by atoms with Gasteiger partial charge in [-0.3, -0.25) is 4.79 Å². The lowest BCUT2D eigenvalue weighted by atomic mass is 9.80. The molecule has 1 atom stereocenters. The van der Waals surface area contributed by atoms with Crippen molar-refractivity contribution in [3.05, 3.63) is 53.6 Å². The van der Waals surface area contributed by atoms with Gasteiger partial charge in [0.2, 0.25) is 0 Å². The number of amides is 1. The number of thiazole rings is 1. The molecule has 0 fully saturated rings. The number of nitrogens with zero attached hydrogens (tertiary/aromatic N) is 3. The predicted molar refractivity (Wildman–Crippen MR) is 128 cm³/mol. The average Bonchev–Trinajstić information content (AvgIpc) is 3.13. The molecule has 2 heterocycles. The number of fused-ring (bicyclic) bond motifs is 2. The van der Waals surface area contributed by atoms with Crippen molar-refractivity contribution in [1.29, 1.82) is 0 Å². The quantitative estimate of drug-likeness (QED) is 0.335. The average molecular weight is 439 g/mol. The lowest BCUT2D eigenvalue weighted by Crippen LogP contribution is -2.45. The molecule has 0 bridgehead atoms. The molecular formula is C23H26N4OS2. The Balaban J connectivity index is 1.35. The molecule has 0 radical (unpaired) electrons. The van der Waals surface area contributed by atoms with Gasteiger partial charge in [-0.1, -0.05) is 36.9 Å². The molecule has 4 rings (SSSR count). The van der Waals surface area contributed by atoms with Crippen LogP contribution < -0.4 is 10.3 Å². The van der Waals surface area contributed by atoms with Crippen LogP contribution in [0.25, 0.3) is 10.2 Å². The number of benzene rings is 2. The van der Waals surface area contributed by atoms with Crippen molar-refractivity contribution in [3.8, 4) is 0 Å². The molecule has 2 aromatic carbocycles. The third kappa shape index (κ3) is 4.37. The zero-order valence-corrected chi connectivity index (χ0v) is 19.3. The summed E-state index contributed by atoms with van der Waals surface area (Å²) in [6, 6.07) is 14.4. The van der Waals surface area contributed by atoms with E-state index in [0.29, 0.717) is 5.92 Å². The van der Waals surface area contributed by atoms with E-state index in [1.165, 1.54) is 23.0 Å². The van der Waals surface area contributed by atoms with E-state index in [0.717, 1.165) is 26.5 Å². The van der Waals surface area contributed by atoms with Crippen LogP contribution in [0.15, 0.2) is 51.9 Å². The Hall–Kier alpha value is -2.38. The standard InChI is InChI=1S/C23H26N4OS2/c1-15-12-23(2,3)27(4)19-10-9-16(11-17(15)19)13-24-26-21(28)14-29-22-25-18-7-5-6-8-20(18)30-22/h5-11,13,15H,12,14H2,1-4H3,(H,26,28)/b24-13+. The molecule has 1 N–H and O–H groups in total. The van der Waals surface area contributed by atoms with Crippen LogP contribution in [-0.2, 0) is 4.79 Å². The Morgan fingerprint density at radius 2 is 2.17 bits per heavy atom. The molecule has 30 heavy (non-hydrogen) atoms. The highest BCUT2D eigenvalue weighted by molar-refractivity contribution is 8.01. The first-order chi connectivity index (χ1) is 14.3. The smallest absolute Gasteiger partial charge is 0.250 e. The lowest BCUT2D eigenvalue weighted by Gasteiger charge is -2.45. The maximum atomic E-state index is 12.1. The summed E-state index contributed by atoms with van der Waals surface area (Å²) in [6.07, 6.45) is 2.82. The molecule has 1 aliphatic heterocycles. The minimum absolute atomic E-state index is 0.136. The number of hydrazone groups is 1. The topological polar surface area (TPSA) is 57.6 Å². The van der Waals surface area contributed by atoms with Gasteiger partial charge in [0.25, 0.3) is 5.91 Å². The number of carbonyl (C=O) groups is 1. The van der Waals surface area contributed by atoms with Crippen LogP contribution in [0.1, 0.15) is 44.2 Å². The molecule has 1 aromatic heterocycles. The van der Waals surface area contributed by atoms with Crippen LogP contribution in [0.5, 0.6) is 0 Å². The van der Waals surface area contributed by atoms with Crippen molar-refractivity contribution in [2.24, 2.45) is 5.10 Å². The van der Waals surface area contributed by atoms with Crippen molar-refractivity contribution in [2.75, 3.05) is 17.7 Å². The van der Waals surface area contributed by atoms with E-state index in [1.54, 1.807) is 17.6 Å². The van der Waals surface area contributed by atoms with Gasteiger partial charge in [0, 0.05) is 18.3 Å². The third-order valence-corrected chi connectivity index (χ3v) is 7.84. The molecular weight excluding hydrogens is 412 g/mol. The number of para-hydroxylation sites is 1. The summed E-state index contributed by atoms with van der Waals surface area (Å²) in [5, 5.41) is 4.15. The molecule has 1 amide bonds. The van der Waals surface area contributed by atoms with E-state index in [1.807, 2.05) is 24.3 Å². The van der Waals surface area contributed by atoms with Gasteiger partial charge < -0.3 is 4.90 Å². The Morgan fingerprint density at radius 1 is 1.37 bits per heavy atom. The van der Waals surface area contributed by atoms with E-state index in [9.17, 15) is 4.79 Å². The van der Waals surface area contributed by atoms with Crippen LogP contribution in [0, 0.1) is 0 Å². The van der Waals surface area contributed by atoms with Gasteiger partial charge in [0.1, 0.15) is 0 Å². The fourth-order valence-corrected chi connectivity index (χ4v) is 5.79. The molecule has 3 aromatic rings. The van der Waals surface area contributed by atoms with Crippen LogP contribution in [-0.4, -0.2) is 35.4 Å². The summed E-state index contributed by atoms with van der Waals surface area (Å²) in [7, 11) is 2.15. The Morgan fingerprint density at radius 3 is 2.97 bits per heavy atom. The van der Waals surface area contributed by atoms with Crippen LogP contribution in [0.2, 0.25) is 0 Å². The highest BCUT2D eigenvalue weighted by Gasteiger charge is 2.33. The summed E-state index contributed by atoms with van der Waals surface area (Å²) in [4.78, 5) is 19.0. The first-order valence-corrected chi connectivity index (χ1v) is 11.8. The minimum atomic E-state index is -0.136. The molecule has 156 valence electrons. The maximum absolute atomic E-state index is 12.1. The molecule has 1 unspecified atom stereocenters. The van der Waals surface area contributed by atoms with Crippen molar-refractivity contribution in [1.82, 2.24) is 10.4 Å². The summed E-state index contributed by atoms with van der Waals surface area (Å²) >= 11 is 3.04. The van der Waals surface area contributed by atoms with Gasteiger partial charge in [0.05, 0.1) is 22.2 Å². The molecule has 5 nitrogen and oxygen atoms in total. The highest BCUT2D eigenvalue weighted by atomic mass is 32.2. The monoisotopic (exact) mass is 438 g/mol. The van der Waals surface area contributed by atoms with E-state index in [2.05, 4.69) is 66.4 Å². The Kier molecular flexibility index (Phi) is 5.84. The molecule has 0 saturated heterocycles. The second-order valence-corrected chi connectivity index (χ2v) is 10.6. The van der Waals surface area contributed by atoms with E-state index in [4.69, 9.17) is 0 Å². The second kappa shape index (κ2) is 8.40. The Bertz CT molecular complexity index is 1070. The molecule has 0 spiro atoms. The van der Waals surface area contributed by atoms with Gasteiger partial charge in [-0.05, 0) is 61.6 Å². The number of aromatic nitrogens is 1. The normalized spacial score (nSPS) is 18.0. The van der Waals surface area contributed by atoms with Crippen molar-refractivity contribution in [2.45, 2.75) is 43.0 Å². The molecule has 7 heteroatoms. The molecule has 1 aliphatic rings. The van der Waals surface area contributed by atoms with E-state index in [-0.39, 0.29) is 17.2 Å². The number of hydrogen-bond donors (Lipinski definition) is 1. The largest absolute Gasteiger partial charge is 0.369 e. The minimum Gasteiger partial charge on any atom is -0.369 e. The van der Waals surface area contributed by atoms with Crippen LogP contribution >= 0.6 is 23.1 Å². The number of carbonyl (C=O) groups excluding carboxylic acids is 1. The van der Waals surface area contributed by atoms with Gasteiger partial charge in [-0.25, -0.2) is 10.4 Å². The van der Waals surface area contributed by atoms with Crippen LogP contribution in [0.3, 0.4) is 0 Å². The van der Waals surface area contributed by atoms with E-state index < -0.39 is 0 Å². The first kappa shape index (κ1) is 20.9. The van der Waals surface area contributed by atoms with Gasteiger partial charge >= 0.3 is 0 Å². The fourth-order valence-electron chi connectivity index (χ4n) is 3.93. The van der Waals surface area contributed by atoms with Crippen molar-refractivity contribution < 1.29 is 4.79 Å². The maximum Gasteiger partial charge on any atom is 0.250 e. The first-order valence-electron chi connectivity index (χ1n) is 10.0. The number of nitrogens with one attached hydrogen (secondary N) is 1. The van der Waals surface area contributed by atoms with Gasteiger partial charge in [-0.2, -0.15) is 5.10 Å². The van der Waals surface area contributed by atoms with Crippen molar-refractivity contribution >= 4 is 51.1 Å². The summed E-state index contributed by atoms with van der Waals surface area (Å²) in [5.41, 5.74) is 7.34. The summed E-state index contributed by atoms with van der Waals surface area (Å²) in [6.45, 7) is 6.84. The fraction of sp³-hybridized carbons (Fsp3) is 0.348. The van der Waals surface area contributed by atoms with Gasteiger partial charge in [-0.15, -0.1) is 11.3 Å². The second-order valence-electron chi connectivity index (χ2n) is 8.32. The number of hydrogen-bond acceptors (Lipinski definition) is 6. The predicted octanol–water partition coefficient (Wildman–Crippen LogP) is 5.26. The zero-order chi connectivity index (χ0) is 21.3. The summed E-state index contributed by atoms with van der Waals surface area (Å²) < 4.78 is 2.03. The Labute approximate surface area is 185 Å². The highest BCUT2D eigenvalue weighted by Crippen LogP contribution is 2.42. The van der Waals surface area contributed by atoms with Crippen molar-refractivity contribution in [3.63, 3.8) is 0 Å². The van der Waals surface area contributed by atoms with Gasteiger partial charge in [0.15, 0.2) is 4.34 Å². The summed E-state index contributed by atoms with van der Waals surface area (Å²) in [5.74, 6) is 0.640. The van der Waals surface area contributed by atoms with E-state index >= 15 is 0 Å².